The van der Waals surface area contributed by atoms with Crippen LogP contribution in [0.4, 0.5) is 0 Å². The molecule has 0 aromatic carbocycles. The van der Waals surface area contributed by atoms with Crippen LogP contribution in [0.5, 0.6) is 0 Å². The predicted octanol–water partition coefficient (Wildman–Crippen LogP) is 0.520. The molecule has 2 N–H and O–H groups in total. The molecule has 1 rings (SSSR count). The van der Waals surface area contributed by atoms with Crippen molar-refractivity contribution in [1.82, 2.24) is 0 Å². The van der Waals surface area contributed by atoms with Crippen molar-refractivity contribution in [2.75, 3.05) is 26.4 Å². The Labute approximate surface area is 84.8 Å². The molecule has 0 amide bonds. The molecule has 0 aromatic rings. The summed E-state index contributed by atoms with van der Waals surface area (Å²) in [5, 5.41) is 17.5. The van der Waals surface area contributed by atoms with Gasteiger partial charge in [0.2, 0.25) is 0 Å². The van der Waals surface area contributed by atoms with Crippen molar-refractivity contribution in [3.05, 3.63) is 0 Å². The SMILES string of the molecule is OCCCC(CCCO)C1OCCO1. The zero-order valence-corrected chi connectivity index (χ0v) is 8.52. The number of hydrogen-bond acceptors (Lipinski definition) is 4. The van der Waals surface area contributed by atoms with Crippen LogP contribution in [0.25, 0.3) is 0 Å². The van der Waals surface area contributed by atoms with E-state index in [1.54, 1.807) is 0 Å². The lowest BCUT2D eigenvalue weighted by Crippen LogP contribution is -2.22. The second-order valence-corrected chi connectivity index (χ2v) is 3.60. The summed E-state index contributed by atoms with van der Waals surface area (Å²) >= 11 is 0. The maximum absolute atomic E-state index is 8.75. The van der Waals surface area contributed by atoms with Crippen molar-refractivity contribution in [1.29, 1.82) is 0 Å². The van der Waals surface area contributed by atoms with Crippen LogP contribution in [0.15, 0.2) is 0 Å². The molecule has 0 unspecified atom stereocenters. The van der Waals surface area contributed by atoms with Crippen molar-refractivity contribution in [3.8, 4) is 0 Å². The second-order valence-electron chi connectivity index (χ2n) is 3.60. The second kappa shape index (κ2) is 7.17. The zero-order chi connectivity index (χ0) is 10.2. The van der Waals surface area contributed by atoms with Crippen LogP contribution >= 0.6 is 0 Å². The van der Waals surface area contributed by atoms with E-state index in [-0.39, 0.29) is 19.5 Å². The Balaban J connectivity index is 2.26. The van der Waals surface area contributed by atoms with E-state index in [0.29, 0.717) is 19.1 Å². The molecule has 4 nitrogen and oxygen atoms in total. The molecule has 0 spiro atoms. The summed E-state index contributed by atoms with van der Waals surface area (Å²) in [7, 11) is 0. The first-order valence-corrected chi connectivity index (χ1v) is 5.33. The van der Waals surface area contributed by atoms with Crippen molar-refractivity contribution in [2.45, 2.75) is 32.0 Å². The minimum atomic E-state index is -0.118. The van der Waals surface area contributed by atoms with Gasteiger partial charge < -0.3 is 19.7 Å². The topological polar surface area (TPSA) is 58.9 Å². The lowest BCUT2D eigenvalue weighted by atomic mass is 9.97. The Morgan fingerprint density at radius 1 is 1.00 bits per heavy atom. The molecule has 84 valence electrons. The van der Waals surface area contributed by atoms with Crippen molar-refractivity contribution in [2.24, 2.45) is 5.92 Å². The fourth-order valence-corrected chi connectivity index (χ4v) is 1.77. The first-order valence-electron chi connectivity index (χ1n) is 5.33. The van der Waals surface area contributed by atoms with E-state index >= 15 is 0 Å². The third-order valence-corrected chi connectivity index (χ3v) is 2.50. The van der Waals surface area contributed by atoms with Gasteiger partial charge in [-0.1, -0.05) is 0 Å². The van der Waals surface area contributed by atoms with Gasteiger partial charge in [0.05, 0.1) is 13.2 Å². The van der Waals surface area contributed by atoms with E-state index in [0.717, 1.165) is 25.7 Å². The van der Waals surface area contributed by atoms with Crippen LogP contribution in [-0.4, -0.2) is 42.9 Å². The van der Waals surface area contributed by atoms with E-state index < -0.39 is 0 Å². The summed E-state index contributed by atoms with van der Waals surface area (Å²) in [6.45, 7) is 1.75. The van der Waals surface area contributed by atoms with Crippen LogP contribution in [0, 0.1) is 5.92 Å². The molecule has 1 saturated heterocycles. The van der Waals surface area contributed by atoms with Crippen LogP contribution < -0.4 is 0 Å². The van der Waals surface area contributed by atoms with E-state index in [9.17, 15) is 0 Å². The van der Waals surface area contributed by atoms with Crippen molar-refractivity contribution >= 4 is 0 Å². The third kappa shape index (κ3) is 3.92. The molecule has 1 aliphatic rings. The molecule has 0 saturated carbocycles. The van der Waals surface area contributed by atoms with E-state index in [1.165, 1.54) is 0 Å². The van der Waals surface area contributed by atoms with Gasteiger partial charge in [0, 0.05) is 19.1 Å². The van der Waals surface area contributed by atoms with Gasteiger partial charge in [-0.2, -0.15) is 0 Å². The molecule has 4 heteroatoms. The summed E-state index contributed by atoms with van der Waals surface area (Å²) in [4.78, 5) is 0. The average molecular weight is 204 g/mol. The zero-order valence-electron chi connectivity index (χ0n) is 8.52. The lowest BCUT2D eigenvalue weighted by Gasteiger charge is -2.21. The van der Waals surface area contributed by atoms with Gasteiger partial charge in [-0.3, -0.25) is 0 Å². The van der Waals surface area contributed by atoms with Gasteiger partial charge in [-0.05, 0) is 25.7 Å². The standard InChI is InChI=1S/C10H20O4/c11-5-1-3-9(4-2-6-12)10-13-7-8-14-10/h9-12H,1-8H2. The summed E-state index contributed by atoms with van der Waals surface area (Å²) < 4.78 is 10.8. The molecule has 0 atom stereocenters. The highest BCUT2D eigenvalue weighted by Gasteiger charge is 2.25. The van der Waals surface area contributed by atoms with Crippen LogP contribution in [0.3, 0.4) is 0 Å². The normalized spacial score (nSPS) is 18.2. The first-order chi connectivity index (χ1) is 6.88. The smallest absolute Gasteiger partial charge is 0.160 e. The van der Waals surface area contributed by atoms with Crippen LogP contribution in [0.2, 0.25) is 0 Å². The molecule has 1 fully saturated rings. The average Bonchev–Trinajstić information content (AvgIpc) is 2.71. The Bertz CT molecular complexity index is 126. The molecule has 14 heavy (non-hydrogen) atoms. The fourth-order valence-electron chi connectivity index (χ4n) is 1.77. The quantitative estimate of drug-likeness (QED) is 0.634. The minimum Gasteiger partial charge on any atom is -0.396 e. The van der Waals surface area contributed by atoms with Crippen molar-refractivity contribution in [3.63, 3.8) is 0 Å². The fraction of sp³-hybridized carbons (Fsp3) is 1.00. The van der Waals surface area contributed by atoms with Crippen molar-refractivity contribution < 1.29 is 19.7 Å². The highest BCUT2D eigenvalue weighted by atomic mass is 16.7. The Kier molecular flexibility index (Phi) is 6.10. The van der Waals surface area contributed by atoms with Gasteiger partial charge in [0.1, 0.15) is 0 Å². The van der Waals surface area contributed by atoms with Crippen LogP contribution in [-0.2, 0) is 9.47 Å². The summed E-state index contributed by atoms with van der Waals surface area (Å²) in [6.07, 6.45) is 3.24. The van der Waals surface area contributed by atoms with Gasteiger partial charge in [0.25, 0.3) is 0 Å². The Morgan fingerprint density at radius 3 is 1.93 bits per heavy atom. The number of hydrogen-bond donors (Lipinski definition) is 2. The van der Waals surface area contributed by atoms with Gasteiger partial charge in [-0.15, -0.1) is 0 Å². The molecule has 0 radical (unpaired) electrons. The largest absolute Gasteiger partial charge is 0.396 e. The summed E-state index contributed by atoms with van der Waals surface area (Å²) in [5.41, 5.74) is 0. The number of aliphatic hydroxyl groups excluding tert-OH is 2. The predicted molar refractivity (Wildman–Crippen MR) is 51.8 cm³/mol. The Hall–Kier alpha value is -0.160. The third-order valence-electron chi connectivity index (χ3n) is 2.50. The molecular weight excluding hydrogens is 184 g/mol. The van der Waals surface area contributed by atoms with Gasteiger partial charge in [-0.25, -0.2) is 0 Å². The maximum atomic E-state index is 8.75. The molecule has 1 aliphatic heterocycles. The monoisotopic (exact) mass is 204 g/mol. The van der Waals surface area contributed by atoms with Crippen LogP contribution in [0.1, 0.15) is 25.7 Å². The van der Waals surface area contributed by atoms with E-state index in [2.05, 4.69) is 0 Å². The summed E-state index contributed by atoms with van der Waals surface area (Å²) in [6, 6.07) is 0. The molecule has 0 aromatic heterocycles. The first kappa shape index (κ1) is 11.9. The summed E-state index contributed by atoms with van der Waals surface area (Å²) in [5.74, 6) is 0.316. The molecule has 0 aliphatic carbocycles. The van der Waals surface area contributed by atoms with Gasteiger partial charge in [0.15, 0.2) is 6.29 Å². The van der Waals surface area contributed by atoms with E-state index in [1.807, 2.05) is 0 Å². The molecule has 0 bridgehead atoms. The number of ether oxygens (including phenoxy) is 2. The highest BCUT2D eigenvalue weighted by molar-refractivity contribution is 4.66. The maximum Gasteiger partial charge on any atom is 0.160 e. The Morgan fingerprint density at radius 2 is 1.50 bits per heavy atom. The minimum absolute atomic E-state index is 0.118. The number of rotatable bonds is 7. The number of aliphatic hydroxyl groups is 2. The van der Waals surface area contributed by atoms with E-state index in [4.69, 9.17) is 19.7 Å². The van der Waals surface area contributed by atoms with Gasteiger partial charge >= 0.3 is 0 Å². The molecule has 1 heterocycles. The lowest BCUT2D eigenvalue weighted by molar-refractivity contribution is -0.0895. The molecular formula is C10H20O4. The highest BCUT2D eigenvalue weighted by Crippen LogP contribution is 2.23.